The normalized spacial score (nSPS) is 23.1. The predicted octanol–water partition coefficient (Wildman–Crippen LogP) is 3.12. The molecule has 0 amide bonds. The third-order valence-electron chi connectivity index (χ3n) is 3.29. The quantitative estimate of drug-likeness (QED) is 0.916. The number of rotatable bonds is 3. The van der Waals surface area contributed by atoms with E-state index in [9.17, 15) is 8.78 Å². The lowest BCUT2D eigenvalue weighted by atomic mass is 10.0. The first-order chi connectivity index (χ1) is 8.96. The minimum Gasteiger partial charge on any atom is -0.435 e. The molecule has 1 N–H and O–H groups in total. The van der Waals surface area contributed by atoms with Crippen molar-refractivity contribution in [2.24, 2.45) is 0 Å². The number of ether oxygens (including phenoxy) is 2. The summed E-state index contributed by atoms with van der Waals surface area (Å²) in [4.78, 5) is 0. The van der Waals surface area contributed by atoms with E-state index in [1.807, 2.05) is 0 Å². The maximum atomic E-state index is 12.1. The highest BCUT2D eigenvalue weighted by Gasteiger charge is 2.24. The molecule has 0 bridgehead atoms. The highest BCUT2D eigenvalue weighted by Crippen LogP contribution is 2.25. The summed E-state index contributed by atoms with van der Waals surface area (Å²) >= 11 is 0. The van der Waals surface area contributed by atoms with Crippen LogP contribution in [0.4, 0.5) is 8.78 Å². The van der Waals surface area contributed by atoms with Crippen LogP contribution in [0.15, 0.2) is 24.3 Å². The topological polar surface area (TPSA) is 30.5 Å². The second kappa shape index (κ2) is 5.84. The Balaban J connectivity index is 2.01. The number of alkyl halides is 2. The van der Waals surface area contributed by atoms with Crippen LogP contribution in [0.2, 0.25) is 0 Å². The van der Waals surface area contributed by atoms with E-state index in [2.05, 4.69) is 23.9 Å². The Morgan fingerprint density at radius 2 is 2.00 bits per heavy atom. The molecule has 0 spiro atoms. The van der Waals surface area contributed by atoms with Gasteiger partial charge in [0, 0.05) is 18.7 Å². The number of halogens is 2. The molecule has 1 aromatic carbocycles. The Morgan fingerprint density at radius 3 is 2.63 bits per heavy atom. The molecule has 1 saturated heterocycles. The molecule has 0 saturated carbocycles. The van der Waals surface area contributed by atoms with Gasteiger partial charge in [0.15, 0.2) is 0 Å². The molecule has 0 aromatic heterocycles. The Kier molecular flexibility index (Phi) is 4.37. The minimum absolute atomic E-state index is 0.0534. The Morgan fingerprint density at radius 1 is 1.32 bits per heavy atom. The summed E-state index contributed by atoms with van der Waals surface area (Å²) in [7, 11) is 0. The zero-order valence-corrected chi connectivity index (χ0v) is 11.2. The molecule has 5 heteroatoms. The lowest BCUT2D eigenvalue weighted by Gasteiger charge is -2.23. The predicted molar refractivity (Wildman–Crippen MR) is 68.5 cm³/mol. The standard InChI is InChI=1S/C14H19F2NO2/c1-14(2)7-8-18-12(9-17-14)10-3-5-11(6-4-10)19-13(15)16/h3-6,12-13,17H,7-9H2,1-2H3. The van der Waals surface area contributed by atoms with Crippen LogP contribution < -0.4 is 10.1 Å². The van der Waals surface area contributed by atoms with Crippen LogP contribution in [0, 0.1) is 0 Å². The molecule has 3 nitrogen and oxygen atoms in total. The van der Waals surface area contributed by atoms with Crippen LogP contribution >= 0.6 is 0 Å². The smallest absolute Gasteiger partial charge is 0.387 e. The van der Waals surface area contributed by atoms with Crippen LogP contribution in [0.3, 0.4) is 0 Å². The fourth-order valence-electron chi connectivity index (χ4n) is 2.05. The number of hydrogen-bond donors (Lipinski definition) is 1. The van der Waals surface area contributed by atoms with Crippen molar-refractivity contribution in [1.82, 2.24) is 5.32 Å². The van der Waals surface area contributed by atoms with E-state index >= 15 is 0 Å². The summed E-state index contributed by atoms with van der Waals surface area (Å²) in [5.74, 6) is 0.167. The summed E-state index contributed by atoms with van der Waals surface area (Å²) in [6.07, 6.45) is 0.887. The highest BCUT2D eigenvalue weighted by molar-refractivity contribution is 5.29. The zero-order valence-electron chi connectivity index (χ0n) is 11.2. The average molecular weight is 271 g/mol. The Hall–Kier alpha value is -1.20. The molecule has 19 heavy (non-hydrogen) atoms. The molecule has 1 aromatic rings. The third-order valence-corrected chi connectivity index (χ3v) is 3.29. The van der Waals surface area contributed by atoms with Crippen molar-refractivity contribution in [1.29, 1.82) is 0 Å². The van der Waals surface area contributed by atoms with Crippen molar-refractivity contribution in [2.75, 3.05) is 13.2 Å². The van der Waals surface area contributed by atoms with Crippen molar-refractivity contribution in [3.05, 3.63) is 29.8 Å². The van der Waals surface area contributed by atoms with Gasteiger partial charge >= 0.3 is 6.61 Å². The lowest BCUT2D eigenvalue weighted by Crippen LogP contribution is -2.39. The van der Waals surface area contributed by atoms with Crippen molar-refractivity contribution in [2.45, 2.75) is 38.5 Å². The zero-order chi connectivity index (χ0) is 13.9. The molecule has 2 rings (SSSR count). The Bertz CT molecular complexity index is 406. The first-order valence-electron chi connectivity index (χ1n) is 6.38. The molecule has 1 fully saturated rings. The van der Waals surface area contributed by atoms with Gasteiger partial charge in [-0.2, -0.15) is 8.78 Å². The van der Waals surface area contributed by atoms with Crippen molar-refractivity contribution < 1.29 is 18.3 Å². The molecule has 0 aliphatic carbocycles. The highest BCUT2D eigenvalue weighted by atomic mass is 19.3. The average Bonchev–Trinajstić information content (AvgIpc) is 2.51. The van der Waals surface area contributed by atoms with Gasteiger partial charge in [-0.1, -0.05) is 12.1 Å². The first-order valence-corrected chi connectivity index (χ1v) is 6.38. The summed E-state index contributed by atoms with van der Waals surface area (Å²) in [5, 5.41) is 3.44. The van der Waals surface area contributed by atoms with Gasteiger partial charge in [-0.15, -0.1) is 0 Å². The molecule has 1 aliphatic heterocycles. The van der Waals surface area contributed by atoms with E-state index in [0.29, 0.717) is 13.2 Å². The van der Waals surface area contributed by atoms with Crippen LogP contribution in [-0.4, -0.2) is 25.3 Å². The van der Waals surface area contributed by atoms with Gasteiger partial charge in [-0.25, -0.2) is 0 Å². The molecule has 1 aliphatic rings. The maximum absolute atomic E-state index is 12.1. The van der Waals surface area contributed by atoms with Gasteiger partial charge in [-0.3, -0.25) is 0 Å². The van der Waals surface area contributed by atoms with E-state index in [1.54, 1.807) is 24.3 Å². The van der Waals surface area contributed by atoms with Crippen LogP contribution in [-0.2, 0) is 4.74 Å². The molecule has 1 heterocycles. The lowest BCUT2D eigenvalue weighted by molar-refractivity contribution is -0.0498. The number of hydrogen-bond acceptors (Lipinski definition) is 3. The van der Waals surface area contributed by atoms with E-state index in [0.717, 1.165) is 12.0 Å². The fraction of sp³-hybridized carbons (Fsp3) is 0.571. The van der Waals surface area contributed by atoms with Gasteiger partial charge < -0.3 is 14.8 Å². The summed E-state index contributed by atoms with van der Waals surface area (Å²) < 4.78 is 34.2. The second-order valence-electron chi connectivity index (χ2n) is 5.32. The van der Waals surface area contributed by atoms with Gasteiger partial charge in [-0.05, 0) is 38.0 Å². The van der Waals surface area contributed by atoms with Crippen LogP contribution in [0.1, 0.15) is 31.9 Å². The first kappa shape index (κ1) is 14.2. The summed E-state index contributed by atoms with van der Waals surface area (Å²) in [6.45, 7) is 2.88. The van der Waals surface area contributed by atoms with Crippen molar-refractivity contribution in [3.63, 3.8) is 0 Å². The van der Waals surface area contributed by atoms with Gasteiger partial charge in [0.2, 0.25) is 0 Å². The van der Waals surface area contributed by atoms with E-state index < -0.39 is 6.61 Å². The minimum atomic E-state index is -2.79. The second-order valence-corrected chi connectivity index (χ2v) is 5.32. The van der Waals surface area contributed by atoms with Gasteiger partial charge in [0.05, 0.1) is 6.10 Å². The van der Waals surface area contributed by atoms with E-state index in [-0.39, 0.29) is 17.4 Å². The molecular formula is C14H19F2NO2. The van der Waals surface area contributed by atoms with Crippen LogP contribution in [0.5, 0.6) is 5.75 Å². The number of nitrogens with one attached hydrogen (secondary N) is 1. The number of benzene rings is 1. The molecule has 106 valence electrons. The fourth-order valence-corrected chi connectivity index (χ4v) is 2.05. The van der Waals surface area contributed by atoms with Crippen LogP contribution in [0.25, 0.3) is 0 Å². The van der Waals surface area contributed by atoms with Gasteiger partial charge in [0.1, 0.15) is 5.75 Å². The summed E-state index contributed by atoms with van der Waals surface area (Å²) in [5.41, 5.74) is 1.03. The third kappa shape index (κ3) is 4.14. The Labute approximate surface area is 111 Å². The molecular weight excluding hydrogens is 252 g/mol. The van der Waals surface area contributed by atoms with E-state index in [1.165, 1.54) is 0 Å². The molecule has 0 radical (unpaired) electrons. The van der Waals surface area contributed by atoms with Crippen molar-refractivity contribution in [3.8, 4) is 5.75 Å². The monoisotopic (exact) mass is 271 g/mol. The van der Waals surface area contributed by atoms with Crippen molar-refractivity contribution >= 4 is 0 Å². The molecule has 1 atom stereocenters. The summed E-state index contributed by atoms with van der Waals surface area (Å²) in [6, 6.07) is 6.62. The SMILES string of the molecule is CC1(C)CCOC(c2ccc(OC(F)F)cc2)CN1. The largest absolute Gasteiger partial charge is 0.435 e. The maximum Gasteiger partial charge on any atom is 0.387 e. The molecule has 1 unspecified atom stereocenters. The van der Waals surface area contributed by atoms with E-state index in [4.69, 9.17) is 4.74 Å². The van der Waals surface area contributed by atoms with Gasteiger partial charge in [0.25, 0.3) is 0 Å².